The molecule has 1 fully saturated rings. The number of halogens is 4. The van der Waals surface area contributed by atoms with Crippen LogP contribution in [0, 0.1) is 11.7 Å². The summed E-state index contributed by atoms with van der Waals surface area (Å²) in [6, 6.07) is 1.23. The number of hydrogen-bond acceptors (Lipinski definition) is 4. The van der Waals surface area contributed by atoms with Gasteiger partial charge in [0.25, 0.3) is 9.84 Å². The van der Waals surface area contributed by atoms with Crippen LogP contribution in [0.3, 0.4) is 0 Å². The second-order valence-electron chi connectivity index (χ2n) is 5.22. The molecule has 1 aromatic rings. The molecule has 0 spiro atoms. The number of nitrogens with one attached hydrogen (secondary N) is 1. The lowest BCUT2D eigenvalue weighted by molar-refractivity contribution is -0.141. The Morgan fingerprint density at radius 1 is 1.26 bits per heavy atom. The van der Waals surface area contributed by atoms with Gasteiger partial charge >= 0.3 is 11.5 Å². The van der Waals surface area contributed by atoms with Crippen LogP contribution in [0.15, 0.2) is 23.1 Å². The van der Waals surface area contributed by atoms with Gasteiger partial charge < -0.3 is 10.4 Å². The molecule has 0 aromatic heterocycles. The molecular formula is C13H13F4NO4S. The summed E-state index contributed by atoms with van der Waals surface area (Å²) in [5.74, 6) is -3.11. The van der Waals surface area contributed by atoms with Crippen LogP contribution >= 0.6 is 0 Å². The first-order chi connectivity index (χ1) is 10.5. The Hall–Kier alpha value is -1.84. The Labute approximate surface area is 129 Å². The first-order valence-electron chi connectivity index (χ1n) is 6.64. The number of carboxylic acid groups (broad SMARTS) is 1. The van der Waals surface area contributed by atoms with Crippen LogP contribution in [0.25, 0.3) is 0 Å². The molecule has 5 nitrogen and oxygen atoms in total. The Kier molecular flexibility index (Phi) is 4.56. The zero-order valence-electron chi connectivity index (χ0n) is 11.6. The average molecular weight is 355 g/mol. The predicted octanol–water partition coefficient (Wildman–Crippen LogP) is 2.78. The lowest BCUT2D eigenvalue weighted by Gasteiger charge is -2.21. The number of benzene rings is 1. The summed E-state index contributed by atoms with van der Waals surface area (Å²) in [6.45, 7) is 0. The zero-order valence-corrected chi connectivity index (χ0v) is 12.4. The summed E-state index contributed by atoms with van der Waals surface area (Å²) in [4.78, 5) is 9.85. The summed E-state index contributed by atoms with van der Waals surface area (Å²) in [5.41, 5.74) is -6.04. The van der Waals surface area contributed by atoms with Crippen molar-refractivity contribution >= 4 is 21.5 Å². The number of alkyl halides is 3. The van der Waals surface area contributed by atoms with E-state index in [-0.39, 0.29) is 6.07 Å². The maximum atomic E-state index is 13.2. The third kappa shape index (κ3) is 3.41. The number of anilines is 1. The van der Waals surface area contributed by atoms with E-state index in [0.29, 0.717) is 19.3 Å². The number of hydrogen-bond donors (Lipinski definition) is 2. The van der Waals surface area contributed by atoms with Gasteiger partial charge in [-0.25, -0.2) is 12.8 Å². The van der Waals surface area contributed by atoms with Crippen molar-refractivity contribution in [3.8, 4) is 0 Å². The van der Waals surface area contributed by atoms with E-state index < -0.39 is 49.7 Å². The van der Waals surface area contributed by atoms with Gasteiger partial charge in [-0.2, -0.15) is 13.2 Å². The fourth-order valence-corrected chi connectivity index (χ4v) is 3.52. The van der Waals surface area contributed by atoms with E-state index >= 15 is 0 Å². The van der Waals surface area contributed by atoms with E-state index in [1.807, 2.05) is 0 Å². The monoisotopic (exact) mass is 355 g/mol. The fraction of sp³-hybridized carbons (Fsp3) is 0.462. The molecule has 1 aliphatic carbocycles. The van der Waals surface area contributed by atoms with E-state index in [9.17, 15) is 30.8 Å². The van der Waals surface area contributed by atoms with E-state index in [1.165, 1.54) is 0 Å². The van der Waals surface area contributed by atoms with Gasteiger partial charge in [-0.05, 0) is 31.0 Å². The molecule has 23 heavy (non-hydrogen) atoms. The normalized spacial score (nSPS) is 22.1. The van der Waals surface area contributed by atoms with Crippen LogP contribution in [-0.4, -0.2) is 31.0 Å². The smallest absolute Gasteiger partial charge is 0.481 e. The number of sulfone groups is 1. The van der Waals surface area contributed by atoms with Gasteiger partial charge in [0, 0.05) is 6.04 Å². The van der Waals surface area contributed by atoms with Crippen molar-refractivity contribution in [3.63, 3.8) is 0 Å². The van der Waals surface area contributed by atoms with Gasteiger partial charge in [-0.1, -0.05) is 6.42 Å². The second-order valence-corrected chi connectivity index (χ2v) is 7.13. The van der Waals surface area contributed by atoms with Crippen molar-refractivity contribution in [3.05, 3.63) is 24.0 Å². The average Bonchev–Trinajstić information content (AvgIpc) is 2.87. The third-order valence-corrected chi connectivity index (χ3v) is 5.24. The highest BCUT2D eigenvalue weighted by Gasteiger charge is 2.48. The quantitative estimate of drug-likeness (QED) is 0.812. The van der Waals surface area contributed by atoms with Gasteiger partial charge in [0.1, 0.15) is 10.7 Å². The molecule has 10 heteroatoms. The molecule has 1 aromatic carbocycles. The summed E-state index contributed by atoms with van der Waals surface area (Å²) in [6.07, 6.45) is 1.23. The highest BCUT2D eigenvalue weighted by molar-refractivity contribution is 7.92. The van der Waals surface area contributed by atoms with Crippen LogP contribution < -0.4 is 5.32 Å². The molecule has 0 radical (unpaired) electrons. The lowest BCUT2D eigenvalue weighted by Crippen LogP contribution is -2.31. The highest BCUT2D eigenvalue weighted by Crippen LogP contribution is 2.37. The molecule has 1 saturated carbocycles. The number of carbonyl (C=O) groups is 1. The van der Waals surface area contributed by atoms with Gasteiger partial charge in [-0.3, -0.25) is 4.79 Å². The Morgan fingerprint density at radius 3 is 2.48 bits per heavy atom. The van der Waals surface area contributed by atoms with Crippen LogP contribution in [0.5, 0.6) is 0 Å². The topological polar surface area (TPSA) is 83.5 Å². The Balaban J connectivity index is 2.43. The highest BCUT2D eigenvalue weighted by atomic mass is 32.2. The largest absolute Gasteiger partial charge is 0.501 e. The summed E-state index contributed by atoms with van der Waals surface area (Å²) >= 11 is 0. The van der Waals surface area contributed by atoms with Crippen LogP contribution in [0.1, 0.15) is 19.3 Å². The van der Waals surface area contributed by atoms with Crippen molar-refractivity contribution < 1.29 is 35.9 Å². The van der Waals surface area contributed by atoms with Crippen molar-refractivity contribution in [2.24, 2.45) is 5.92 Å². The maximum Gasteiger partial charge on any atom is 0.501 e. The third-order valence-electron chi connectivity index (χ3n) is 3.71. The van der Waals surface area contributed by atoms with Crippen molar-refractivity contribution in [2.75, 3.05) is 5.32 Å². The van der Waals surface area contributed by atoms with E-state index in [4.69, 9.17) is 5.11 Å². The van der Waals surface area contributed by atoms with Gasteiger partial charge in [-0.15, -0.1) is 0 Å². The van der Waals surface area contributed by atoms with Crippen LogP contribution in [0.4, 0.5) is 23.2 Å². The van der Waals surface area contributed by atoms with Crippen molar-refractivity contribution in [1.29, 1.82) is 0 Å². The summed E-state index contributed by atoms with van der Waals surface area (Å²) in [5, 5.41) is 11.6. The zero-order chi connectivity index (χ0) is 17.4. The summed E-state index contributed by atoms with van der Waals surface area (Å²) < 4.78 is 74.5. The summed E-state index contributed by atoms with van der Waals surface area (Å²) in [7, 11) is -5.76. The minimum atomic E-state index is -5.76. The molecule has 0 amide bonds. The minimum absolute atomic E-state index is 0.274. The van der Waals surface area contributed by atoms with Gasteiger partial charge in [0.05, 0.1) is 11.6 Å². The molecule has 1 aliphatic rings. The number of carboxylic acids is 1. The fourth-order valence-electron chi connectivity index (χ4n) is 2.59. The molecule has 0 heterocycles. The predicted molar refractivity (Wildman–Crippen MR) is 72.0 cm³/mol. The first-order valence-corrected chi connectivity index (χ1v) is 8.12. The van der Waals surface area contributed by atoms with Crippen LogP contribution in [0.2, 0.25) is 0 Å². The molecule has 0 saturated heterocycles. The van der Waals surface area contributed by atoms with Crippen LogP contribution in [-0.2, 0) is 14.6 Å². The molecule has 0 bridgehead atoms. The SMILES string of the molecule is O=C(O)C1CCCC1Nc1ccc(F)cc1S(=O)(=O)C(F)(F)F. The van der Waals surface area contributed by atoms with Gasteiger partial charge in [0.15, 0.2) is 0 Å². The standard InChI is InChI=1S/C13H13F4NO4S/c14-7-4-5-10(11(6-7)23(21,22)13(15,16)17)18-9-3-1-2-8(9)12(19)20/h4-6,8-9,18H,1-3H2,(H,19,20). The molecule has 2 unspecified atom stereocenters. The number of aliphatic carboxylic acids is 1. The number of rotatable bonds is 4. The molecular weight excluding hydrogens is 342 g/mol. The Bertz CT molecular complexity index is 717. The maximum absolute atomic E-state index is 13.2. The van der Waals surface area contributed by atoms with Crippen molar-refractivity contribution in [2.45, 2.75) is 35.7 Å². The van der Waals surface area contributed by atoms with E-state index in [2.05, 4.69) is 5.32 Å². The molecule has 2 atom stereocenters. The van der Waals surface area contributed by atoms with Gasteiger partial charge in [0.2, 0.25) is 0 Å². The molecule has 2 N–H and O–H groups in total. The van der Waals surface area contributed by atoms with E-state index in [0.717, 1.165) is 12.1 Å². The van der Waals surface area contributed by atoms with Crippen molar-refractivity contribution in [1.82, 2.24) is 0 Å². The Morgan fingerprint density at radius 2 is 1.91 bits per heavy atom. The minimum Gasteiger partial charge on any atom is -0.481 e. The molecule has 128 valence electrons. The molecule has 2 rings (SSSR count). The lowest BCUT2D eigenvalue weighted by atomic mass is 10.0. The second kappa shape index (κ2) is 5.99. The first kappa shape index (κ1) is 17.5. The molecule has 0 aliphatic heterocycles. The van der Waals surface area contributed by atoms with E-state index in [1.54, 1.807) is 0 Å².